The summed E-state index contributed by atoms with van der Waals surface area (Å²) in [6.07, 6.45) is -0.703. The van der Waals surface area contributed by atoms with Crippen molar-refractivity contribution in [3.8, 4) is 11.1 Å². The molecule has 1 aliphatic rings. The van der Waals surface area contributed by atoms with E-state index in [1.54, 1.807) is 26.8 Å². The molecule has 1 aliphatic carbocycles. The van der Waals surface area contributed by atoms with Gasteiger partial charge in [-0.15, -0.1) is 0 Å². The Labute approximate surface area is 307 Å². The van der Waals surface area contributed by atoms with Crippen LogP contribution in [0.4, 0.5) is 15.3 Å². The van der Waals surface area contributed by atoms with E-state index in [1.807, 2.05) is 48.5 Å². The Morgan fingerprint density at radius 3 is 2.06 bits per heavy atom. The first-order valence-electron chi connectivity index (χ1n) is 17.4. The summed E-state index contributed by atoms with van der Waals surface area (Å²) < 4.78 is 10.9. The van der Waals surface area contributed by atoms with E-state index in [0.29, 0.717) is 12.8 Å². The zero-order chi connectivity index (χ0) is 38.5. The van der Waals surface area contributed by atoms with Crippen molar-refractivity contribution in [1.29, 1.82) is 0 Å². The van der Waals surface area contributed by atoms with Gasteiger partial charge in [0.05, 0.1) is 29.5 Å². The molecule has 5 amide bonds. The molecule has 4 rings (SSSR count). The Kier molecular flexibility index (Phi) is 13.9. The maximum Gasteiger partial charge on any atom is 0.407 e. The van der Waals surface area contributed by atoms with Gasteiger partial charge in [0.25, 0.3) is 5.69 Å². The molecule has 5 N–H and O–H groups in total. The standard InChI is InChI=1S/C38H46N6O9/c1-38(2,3)53-36(48)40-20-12-11-18-30(43-37(49)52-23-29-26-15-7-5-13-24(26)25-14-6-8-16-27(25)29)35(47)41-22-34(46)42-31(21-33(45)39-4)28-17-9-10-19-32(28)44(50)51/h5-10,13-17,19,29-31H,11-12,18,20-23H2,1-4H3,(H,39,45)(H,40,48)(H,41,47)(H,42,46)(H,43,49)/t30-,31?/m0/s1. The van der Waals surface area contributed by atoms with Gasteiger partial charge in [-0.1, -0.05) is 66.7 Å². The number of para-hydroxylation sites is 1. The quantitative estimate of drug-likeness (QED) is 0.0792. The number of hydrogen-bond acceptors (Lipinski definition) is 9. The normalized spacial score (nSPS) is 13.0. The van der Waals surface area contributed by atoms with E-state index in [-0.39, 0.29) is 43.2 Å². The van der Waals surface area contributed by atoms with Crippen LogP contribution >= 0.6 is 0 Å². The fourth-order valence-corrected chi connectivity index (χ4v) is 6.04. The number of amides is 5. The number of carbonyl (C=O) groups is 5. The second-order valence-corrected chi connectivity index (χ2v) is 13.5. The molecule has 1 unspecified atom stereocenters. The number of nitrogens with one attached hydrogen (secondary N) is 5. The van der Waals surface area contributed by atoms with Crippen molar-refractivity contribution in [3.05, 3.63) is 99.6 Å². The van der Waals surface area contributed by atoms with Gasteiger partial charge in [-0.3, -0.25) is 24.5 Å². The van der Waals surface area contributed by atoms with E-state index >= 15 is 0 Å². The Morgan fingerprint density at radius 1 is 0.811 bits per heavy atom. The van der Waals surface area contributed by atoms with Crippen molar-refractivity contribution >= 4 is 35.6 Å². The van der Waals surface area contributed by atoms with Gasteiger partial charge in [0.2, 0.25) is 17.7 Å². The molecule has 0 bridgehead atoms. The smallest absolute Gasteiger partial charge is 0.407 e. The number of nitro groups is 1. The van der Waals surface area contributed by atoms with Crippen molar-refractivity contribution in [1.82, 2.24) is 26.6 Å². The largest absolute Gasteiger partial charge is 0.449 e. The predicted octanol–water partition coefficient (Wildman–Crippen LogP) is 4.61. The average Bonchev–Trinajstić information content (AvgIpc) is 3.44. The second kappa shape index (κ2) is 18.5. The maximum absolute atomic E-state index is 13.4. The van der Waals surface area contributed by atoms with E-state index in [2.05, 4.69) is 26.6 Å². The number of hydrogen-bond donors (Lipinski definition) is 5. The summed E-state index contributed by atoms with van der Waals surface area (Å²) >= 11 is 0. The third-order valence-electron chi connectivity index (χ3n) is 8.48. The van der Waals surface area contributed by atoms with Crippen molar-refractivity contribution in [3.63, 3.8) is 0 Å². The summed E-state index contributed by atoms with van der Waals surface area (Å²) in [6.45, 7) is 4.98. The Balaban J connectivity index is 1.39. The molecule has 282 valence electrons. The maximum atomic E-state index is 13.4. The van der Waals surface area contributed by atoms with Crippen molar-refractivity contribution in [2.24, 2.45) is 0 Å². The fourth-order valence-electron chi connectivity index (χ4n) is 6.04. The summed E-state index contributed by atoms with van der Waals surface area (Å²) in [5, 5.41) is 24.5. The summed E-state index contributed by atoms with van der Waals surface area (Å²) in [6, 6.07) is 19.3. The zero-order valence-corrected chi connectivity index (χ0v) is 30.2. The number of alkyl carbamates (subject to hydrolysis) is 2. The van der Waals surface area contributed by atoms with Crippen LogP contribution in [0.1, 0.15) is 75.1 Å². The van der Waals surface area contributed by atoms with Crippen LogP contribution in [0.15, 0.2) is 72.8 Å². The molecule has 0 aliphatic heterocycles. The molecule has 3 aromatic carbocycles. The molecule has 0 spiro atoms. The van der Waals surface area contributed by atoms with Crippen LogP contribution < -0.4 is 26.6 Å². The topological polar surface area (TPSA) is 207 Å². The summed E-state index contributed by atoms with van der Waals surface area (Å²) in [5.41, 5.74) is 3.35. The lowest BCUT2D eigenvalue weighted by Gasteiger charge is -2.21. The minimum atomic E-state index is -1.11. The molecule has 2 atom stereocenters. The van der Waals surface area contributed by atoms with Crippen molar-refractivity contribution < 1.29 is 38.4 Å². The molecule has 0 heterocycles. The van der Waals surface area contributed by atoms with E-state index in [4.69, 9.17) is 9.47 Å². The molecule has 0 radical (unpaired) electrons. The highest BCUT2D eigenvalue weighted by Gasteiger charge is 2.30. The lowest BCUT2D eigenvalue weighted by molar-refractivity contribution is -0.385. The van der Waals surface area contributed by atoms with Gasteiger partial charge in [0.15, 0.2) is 0 Å². The first-order valence-corrected chi connectivity index (χ1v) is 17.4. The fraction of sp³-hybridized carbons (Fsp3) is 0.395. The van der Waals surface area contributed by atoms with Crippen molar-refractivity contribution in [2.75, 3.05) is 26.7 Å². The molecular weight excluding hydrogens is 684 g/mol. The van der Waals surface area contributed by atoms with Gasteiger partial charge in [-0.2, -0.15) is 0 Å². The van der Waals surface area contributed by atoms with Crippen LogP contribution in [-0.2, 0) is 23.9 Å². The number of unbranched alkanes of at least 4 members (excludes halogenated alkanes) is 1. The number of nitro benzene ring substituents is 1. The molecule has 15 heteroatoms. The number of rotatable bonds is 16. The van der Waals surface area contributed by atoms with Crippen LogP contribution in [-0.4, -0.2) is 73.2 Å². The van der Waals surface area contributed by atoms with Crippen LogP contribution in [0.5, 0.6) is 0 Å². The monoisotopic (exact) mass is 730 g/mol. The van der Waals surface area contributed by atoms with Crippen molar-refractivity contribution in [2.45, 2.75) is 70.1 Å². The zero-order valence-electron chi connectivity index (χ0n) is 30.2. The molecule has 15 nitrogen and oxygen atoms in total. The van der Waals surface area contributed by atoms with E-state index in [9.17, 15) is 34.1 Å². The highest BCUT2D eigenvalue weighted by molar-refractivity contribution is 5.90. The van der Waals surface area contributed by atoms with Gasteiger partial charge in [-0.25, -0.2) is 9.59 Å². The molecule has 3 aromatic rings. The highest BCUT2D eigenvalue weighted by Crippen LogP contribution is 2.44. The number of carbonyl (C=O) groups excluding carboxylic acids is 5. The van der Waals surface area contributed by atoms with E-state index < -0.39 is 59.1 Å². The first-order chi connectivity index (χ1) is 25.3. The molecule has 53 heavy (non-hydrogen) atoms. The highest BCUT2D eigenvalue weighted by atomic mass is 16.6. The minimum absolute atomic E-state index is 0.0226. The summed E-state index contributed by atoms with van der Waals surface area (Å²) in [4.78, 5) is 74.9. The van der Waals surface area contributed by atoms with Gasteiger partial charge < -0.3 is 36.1 Å². The SMILES string of the molecule is CNC(=O)CC(NC(=O)CNC(=O)[C@H](CCCCNC(=O)OC(C)(C)C)NC(=O)OCC1c2ccccc2-c2ccccc21)c1ccccc1[N+](=O)[O-]. The summed E-state index contributed by atoms with van der Waals surface area (Å²) in [5.74, 6) is -2.06. The second-order valence-electron chi connectivity index (χ2n) is 13.5. The van der Waals surface area contributed by atoms with Gasteiger partial charge >= 0.3 is 12.2 Å². The lowest BCUT2D eigenvalue weighted by atomic mass is 9.98. The molecular formula is C38H46N6O9. The predicted molar refractivity (Wildman–Crippen MR) is 196 cm³/mol. The number of benzene rings is 3. The molecule has 0 saturated carbocycles. The van der Waals surface area contributed by atoms with Gasteiger partial charge in [0, 0.05) is 25.6 Å². The van der Waals surface area contributed by atoms with E-state index in [1.165, 1.54) is 25.2 Å². The first kappa shape index (κ1) is 39.8. The number of nitrogens with zero attached hydrogens (tertiary/aromatic N) is 1. The number of ether oxygens (including phenoxy) is 2. The van der Waals surface area contributed by atoms with Gasteiger partial charge in [-0.05, 0) is 62.3 Å². The van der Waals surface area contributed by atoms with E-state index in [0.717, 1.165) is 22.3 Å². The average molecular weight is 731 g/mol. The lowest BCUT2D eigenvalue weighted by Crippen LogP contribution is -2.49. The minimum Gasteiger partial charge on any atom is -0.449 e. The van der Waals surface area contributed by atoms with Gasteiger partial charge in [0.1, 0.15) is 18.2 Å². The summed E-state index contributed by atoms with van der Waals surface area (Å²) in [7, 11) is 1.40. The Bertz CT molecular complexity index is 1760. The Hall–Kier alpha value is -5.99. The Morgan fingerprint density at radius 2 is 1.43 bits per heavy atom. The van der Waals surface area contributed by atoms with Crippen LogP contribution in [0.25, 0.3) is 11.1 Å². The van der Waals surface area contributed by atoms with Crippen LogP contribution in [0.2, 0.25) is 0 Å². The number of fused-ring (bicyclic) bond motifs is 3. The molecule has 0 saturated heterocycles. The molecule has 0 fully saturated rings. The van der Waals surface area contributed by atoms with Crippen LogP contribution in [0, 0.1) is 10.1 Å². The van der Waals surface area contributed by atoms with Crippen LogP contribution in [0.3, 0.4) is 0 Å². The molecule has 0 aromatic heterocycles. The third kappa shape index (κ3) is 11.5. The third-order valence-corrected chi connectivity index (χ3v) is 8.48.